The SMILES string of the molecule is COc1ccc(NC(=O)C(C)OC(=O)COc2cccc(C)c2)c([N+](=O)[O-])c1. The second-order valence-corrected chi connectivity index (χ2v) is 5.87. The lowest BCUT2D eigenvalue weighted by atomic mass is 10.2. The zero-order valence-corrected chi connectivity index (χ0v) is 15.6. The predicted octanol–water partition coefficient (Wildman–Crippen LogP) is 2.86. The van der Waals surface area contributed by atoms with Gasteiger partial charge in [-0.2, -0.15) is 0 Å². The van der Waals surface area contributed by atoms with Crippen LogP contribution in [0.2, 0.25) is 0 Å². The quantitative estimate of drug-likeness (QED) is 0.420. The van der Waals surface area contributed by atoms with Crippen LogP contribution >= 0.6 is 0 Å². The van der Waals surface area contributed by atoms with Crippen LogP contribution in [0.5, 0.6) is 11.5 Å². The smallest absolute Gasteiger partial charge is 0.344 e. The highest BCUT2D eigenvalue weighted by molar-refractivity contribution is 5.97. The highest BCUT2D eigenvalue weighted by Crippen LogP contribution is 2.29. The van der Waals surface area contributed by atoms with Crippen LogP contribution in [0.4, 0.5) is 11.4 Å². The van der Waals surface area contributed by atoms with Gasteiger partial charge < -0.3 is 19.5 Å². The third-order valence-corrected chi connectivity index (χ3v) is 3.68. The van der Waals surface area contributed by atoms with Crippen molar-refractivity contribution in [3.8, 4) is 11.5 Å². The Hall–Kier alpha value is -3.62. The summed E-state index contributed by atoms with van der Waals surface area (Å²) in [5.41, 5.74) is 0.600. The molecule has 1 unspecified atom stereocenters. The number of carbonyl (C=O) groups is 2. The van der Waals surface area contributed by atoms with Crippen molar-refractivity contribution < 1.29 is 28.7 Å². The number of nitro groups is 1. The summed E-state index contributed by atoms with van der Waals surface area (Å²) in [4.78, 5) is 34.6. The minimum atomic E-state index is -1.17. The molecule has 2 aromatic rings. The molecule has 148 valence electrons. The fourth-order valence-corrected chi connectivity index (χ4v) is 2.26. The third kappa shape index (κ3) is 5.70. The number of aryl methyl sites for hydroxylation is 1. The third-order valence-electron chi connectivity index (χ3n) is 3.68. The fraction of sp³-hybridized carbons (Fsp3) is 0.263. The van der Waals surface area contributed by atoms with E-state index in [4.69, 9.17) is 14.2 Å². The van der Waals surface area contributed by atoms with E-state index < -0.39 is 22.9 Å². The Morgan fingerprint density at radius 2 is 1.93 bits per heavy atom. The summed E-state index contributed by atoms with van der Waals surface area (Å²) in [6.45, 7) is 2.87. The lowest BCUT2D eigenvalue weighted by molar-refractivity contribution is -0.384. The molecule has 0 fully saturated rings. The van der Waals surface area contributed by atoms with E-state index >= 15 is 0 Å². The monoisotopic (exact) mass is 388 g/mol. The molecule has 0 heterocycles. The van der Waals surface area contributed by atoms with Crippen molar-refractivity contribution in [1.82, 2.24) is 0 Å². The van der Waals surface area contributed by atoms with E-state index in [1.807, 2.05) is 13.0 Å². The molecule has 0 radical (unpaired) electrons. The van der Waals surface area contributed by atoms with Gasteiger partial charge in [0.25, 0.3) is 11.6 Å². The maximum atomic E-state index is 12.2. The van der Waals surface area contributed by atoms with Crippen molar-refractivity contribution in [1.29, 1.82) is 0 Å². The van der Waals surface area contributed by atoms with Gasteiger partial charge in [-0.25, -0.2) is 4.79 Å². The first-order valence-electron chi connectivity index (χ1n) is 8.32. The van der Waals surface area contributed by atoms with Crippen molar-refractivity contribution in [3.05, 3.63) is 58.1 Å². The van der Waals surface area contributed by atoms with Gasteiger partial charge >= 0.3 is 5.97 Å². The average molecular weight is 388 g/mol. The van der Waals surface area contributed by atoms with Crippen LogP contribution in [0.25, 0.3) is 0 Å². The Kier molecular flexibility index (Phi) is 6.91. The number of rotatable bonds is 8. The molecule has 9 nitrogen and oxygen atoms in total. The number of esters is 1. The largest absolute Gasteiger partial charge is 0.496 e. The minimum absolute atomic E-state index is 0.0327. The van der Waals surface area contributed by atoms with E-state index in [-0.39, 0.29) is 23.7 Å². The number of amides is 1. The molecular weight excluding hydrogens is 368 g/mol. The van der Waals surface area contributed by atoms with Gasteiger partial charge in [0.15, 0.2) is 12.7 Å². The van der Waals surface area contributed by atoms with Gasteiger partial charge in [0, 0.05) is 0 Å². The first kappa shape index (κ1) is 20.7. The molecule has 2 rings (SSSR count). The Bertz CT molecular complexity index is 882. The maximum Gasteiger partial charge on any atom is 0.344 e. The standard InChI is InChI=1S/C19H20N2O7/c1-12-5-4-6-15(9-12)27-11-18(22)28-13(2)19(23)20-16-8-7-14(26-3)10-17(16)21(24)25/h4-10,13H,11H2,1-3H3,(H,20,23). The number of methoxy groups -OCH3 is 1. The fourth-order valence-electron chi connectivity index (χ4n) is 2.26. The zero-order chi connectivity index (χ0) is 20.7. The van der Waals surface area contributed by atoms with Crippen LogP contribution in [0.3, 0.4) is 0 Å². The Morgan fingerprint density at radius 3 is 2.57 bits per heavy atom. The highest BCUT2D eigenvalue weighted by atomic mass is 16.6. The number of anilines is 1. The van der Waals surface area contributed by atoms with E-state index in [1.54, 1.807) is 18.2 Å². The van der Waals surface area contributed by atoms with Crippen molar-refractivity contribution in [2.75, 3.05) is 19.0 Å². The molecule has 0 saturated heterocycles. The molecule has 0 aliphatic carbocycles. The molecule has 0 aromatic heterocycles. The highest BCUT2D eigenvalue weighted by Gasteiger charge is 2.22. The lowest BCUT2D eigenvalue weighted by Gasteiger charge is -2.14. The number of nitro benzene ring substituents is 1. The molecule has 0 aliphatic heterocycles. The van der Waals surface area contributed by atoms with Crippen LogP contribution in [-0.4, -0.2) is 36.6 Å². The van der Waals surface area contributed by atoms with Gasteiger partial charge in [0.2, 0.25) is 0 Å². The molecule has 0 bridgehead atoms. The number of nitrogens with zero attached hydrogens (tertiary/aromatic N) is 1. The van der Waals surface area contributed by atoms with E-state index in [9.17, 15) is 19.7 Å². The number of hydrogen-bond acceptors (Lipinski definition) is 7. The van der Waals surface area contributed by atoms with Gasteiger partial charge in [-0.1, -0.05) is 12.1 Å². The van der Waals surface area contributed by atoms with Crippen LogP contribution in [0.1, 0.15) is 12.5 Å². The molecule has 9 heteroatoms. The molecule has 0 spiro atoms. The summed E-state index contributed by atoms with van der Waals surface area (Å²) in [6, 6.07) is 11.1. The van der Waals surface area contributed by atoms with E-state index in [0.29, 0.717) is 5.75 Å². The molecule has 0 saturated carbocycles. The molecule has 0 aliphatic rings. The second-order valence-electron chi connectivity index (χ2n) is 5.87. The molecule has 2 aromatic carbocycles. The second kappa shape index (κ2) is 9.36. The van der Waals surface area contributed by atoms with E-state index in [1.165, 1.54) is 32.2 Å². The van der Waals surface area contributed by atoms with E-state index in [2.05, 4.69) is 5.32 Å². The molecule has 1 atom stereocenters. The first-order valence-corrected chi connectivity index (χ1v) is 8.32. The topological polar surface area (TPSA) is 117 Å². The predicted molar refractivity (Wildman–Crippen MR) is 101 cm³/mol. The molecular formula is C19H20N2O7. The van der Waals surface area contributed by atoms with Gasteiger partial charge in [0.1, 0.15) is 17.2 Å². The minimum Gasteiger partial charge on any atom is -0.496 e. The summed E-state index contributed by atoms with van der Waals surface area (Å²) in [6.07, 6.45) is -1.17. The lowest BCUT2D eigenvalue weighted by Crippen LogP contribution is -2.31. The van der Waals surface area contributed by atoms with Gasteiger partial charge in [0.05, 0.1) is 18.1 Å². The summed E-state index contributed by atoms with van der Waals surface area (Å²) in [5.74, 6) is -0.675. The number of benzene rings is 2. The summed E-state index contributed by atoms with van der Waals surface area (Å²) >= 11 is 0. The van der Waals surface area contributed by atoms with Gasteiger partial charge in [-0.3, -0.25) is 14.9 Å². The molecule has 1 amide bonds. The number of carbonyl (C=O) groups excluding carboxylic acids is 2. The average Bonchev–Trinajstić information content (AvgIpc) is 2.66. The Balaban J connectivity index is 1.93. The number of nitrogens with one attached hydrogen (secondary N) is 1. The van der Waals surface area contributed by atoms with Gasteiger partial charge in [-0.15, -0.1) is 0 Å². The van der Waals surface area contributed by atoms with Crippen molar-refractivity contribution >= 4 is 23.3 Å². The maximum absolute atomic E-state index is 12.2. The van der Waals surface area contributed by atoms with Gasteiger partial charge in [-0.05, 0) is 43.7 Å². The normalized spacial score (nSPS) is 11.2. The van der Waals surface area contributed by atoms with Crippen LogP contribution in [0.15, 0.2) is 42.5 Å². The Morgan fingerprint density at radius 1 is 1.18 bits per heavy atom. The van der Waals surface area contributed by atoms with Crippen molar-refractivity contribution in [2.24, 2.45) is 0 Å². The van der Waals surface area contributed by atoms with E-state index in [0.717, 1.165) is 5.56 Å². The summed E-state index contributed by atoms with van der Waals surface area (Å²) in [5, 5.41) is 13.5. The Labute approximate surface area is 161 Å². The van der Waals surface area contributed by atoms with Crippen molar-refractivity contribution in [2.45, 2.75) is 20.0 Å². The summed E-state index contributed by atoms with van der Waals surface area (Å²) in [7, 11) is 1.37. The molecule has 28 heavy (non-hydrogen) atoms. The van der Waals surface area contributed by atoms with Crippen LogP contribution in [0, 0.1) is 17.0 Å². The molecule has 1 N–H and O–H groups in total. The van der Waals surface area contributed by atoms with Crippen LogP contribution in [-0.2, 0) is 14.3 Å². The first-order chi connectivity index (χ1) is 13.3. The van der Waals surface area contributed by atoms with Crippen molar-refractivity contribution in [3.63, 3.8) is 0 Å². The van der Waals surface area contributed by atoms with Crippen LogP contribution < -0.4 is 14.8 Å². The summed E-state index contributed by atoms with van der Waals surface area (Å²) < 4.78 is 15.3. The zero-order valence-electron chi connectivity index (χ0n) is 15.6. The number of hydrogen-bond donors (Lipinski definition) is 1. The number of ether oxygens (including phenoxy) is 3.